The zero-order valence-electron chi connectivity index (χ0n) is 10.9. The Hall–Kier alpha value is -2.24. The van der Waals surface area contributed by atoms with Crippen molar-refractivity contribution in [2.45, 2.75) is 12.5 Å². The third kappa shape index (κ3) is 1.97. The first-order valence-corrected chi connectivity index (χ1v) is 6.67. The average Bonchev–Trinajstić information content (AvgIpc) is 3.18. The van der Waals surface area contributed by atoms with Gasteiger partial charge in [0.15, 0.2) is 5.65 Å². The predicted octanol–water partition coefficient (Wildman–Crippen LogP) is 2.36. The molecule has 1 aliphatic heterocycles. The first-order chi connectivity index (χ1) is 9.90. The van der Waals surface area contributed by atoms with Gasteiger partial charge in [-0.1, -0.05) is 18.2 Å². The van der Waals surface area contributed by atoms with Gasteiger partial charge < -0.3 is 4.84 Å². The Kier molecular flexibility index (Phi) is 2.72. The van der Waals surface area contributed by atoms with Gasteiger partial charge in [0, 0.05) is 24.0 Å². The fourth-order valence-corrected chi connectivity index (χ4v) is 2.52. The molecule has 0 unspecified atom stereocenters. The van der Waals surface area contributed by atoms with Crippen molar-refractivity contribution in [2.75, 3.05) is 6.61 Å². The second-order valence-electron chi connectivity index (χ2n) is 4.91. The molecule has 0 radical (unpaired) electrons. The molecule has 1 aromatic carbocycles. The molecule has 1 saturated heterocycles. The molecule has 1 N–H and O–H groups in total. The number of aromatic nitrogens is 3. The van der Waals surface area contributed by atoms with Gasteiger partial charge in [-0.2, -0.15) is 10.6 Å². The van der Waals surface area contributed by atoms with Gasteiger partial charge >= 0.3 is 0 Å². The van der Waals surface area contributed by atoms with Gasteiger partial charge in [0.1, 0.15) is 0 Å². The van der Waals surface area contributed by atoms with Crippen LogP contribution in [0.2, 0.25) is 0 Å². The van der Waals surface area contributed by atoms with Crippen molar-refractivity contribution in [3.05, 3.63) is 54.5 Å². The maximum absolute atomic E-state index is 5.23. The summed E-state index contributed by atoms with van der Waals surface area (Å²) in [6.45, 7) is 0.760. The Balaban J connectivity index is 1.75. The zero-order chi connectivity index (χ0) is 13.4. The molecule has 5 nitrogen and oxygen atoms in total. The van der Waals surface area contributed by atoms with Crippen molar-refractivity contribution < 1.29 is 4.84 Å². The zero-order valence-corrected chi connectivity index (χ0v) is 10.9. The minimum absolute atomic E-state index is 0.274. The largest absolute Gasteiger partial charge is 0.301 e. The summed E-state index contributed by atoms with van der Waals surface area (Å²) in [4.78, 5) is 9.63. The third-order valence-electron chi connectivity index (χ3n) is 3.60. The Morgan fingerprint density at radius 2 is 2.25 bits per heavy atom. The van der Waals surface area contributed by atoms with E-state index in [2.05, 4.69) is 39.8 Å². The van der Waals surface area contributed by atoms with Gasteiger partial charge in [0.2, 0.25) is 0 Å². The van der Waals surface area contributed by atoms with Crippen LogP contribution in [0.15, 0.2) is 48.9 Å². The minimum Gasteiger partial charge on any atom is -0.301 e. The molecule has 3 heterocycles. The maximum Gasteiger partial charge on any atom is 0.154 e. The van der Waals surface area contributed by atoms with Crippen molar-refractivity contribution in [2.24, 2.45) is 0 Å². The Labute approximate surface area is 116 Å². The first kappa shape index (κ1) is 11.6. The standard InChI is InChI=1S/C15H14N4O/c1-2-11(8-12(3-1)14-5-7-20-18-14)13-9-16-15-4-6-17-19(15)10-13/h1-4,6,8-10,14,18H,5,7H2/t14-/m1/s1. The molecule has 5 heteroatoms. The van der Waals surface area contributed by atoms with Crippen molar-refractivity contribution >= 4 is 5.65 Å². The van der Waals surface area contributed by atoms with E-state index in [0.717, 1.165) is 29.8 Å². The van der Waals surface area contributed by atoms with E-state index >= 15 is 0 Å². The van der Waals surface area contributed by atoms with Gasteiger partial charge in [-0.15, -0.1) is 0 Å². The normalized spacial score (nSPS) is 18.7. The summed E-state index contributed by atoms with van der Waals surface area (Å²) < 4.78 is 1.79. The molecule has 100 valence electrons. The topological polar surface area (TPSA) is 51.5 Å². The van der Waals surface area contributed by atoms with Crippen molar-refractivity contribution in [3.63, 3.8) is 0 Å². The lowest BCUT2D eigenvalue weighted by Gasteiger charge is -2.10. The quantitative estimate of drug-likeness (QED) is 0.773. The molecule has 0 amide bonds. The van der Waals surface area contributed by atoms with Crippen LogP contribution in [0.3, 0.4) is 0 Å². The number of nitrogens with zero attached hydrogens (tertiary/aromatic N) is 3. The lowest BCUT2D eigenvalue weighted by atomic mass is 10.0. The summed E-state index contributed by atoms with van der Waals surface area (Å²) in [5, 5.41) is 4.23. The highest BCUT2D eigenvalue weighted by Crippen LogP contribution is 2.26. The fraction of sp³-hybridized carbons (Fsp3) is 0.200. The summed E-state index contributed by atoms with van der Waals surface area (Å²) in [6, 6.07) is 10.6. The van der Waals surface area contributed by atoms with Crippen LogP contribution in [0.5, 0.6) is 0 Å². The third-order valence-corrected chi connectivity index (χ3v) is 3.60. The summed E-state index contributed by atoms with van der Waals surface area (Å²) >= 11 is 0. The smallest absolute Gasteiger partial charge is 0.154 e. The monoisotopic (exact) mass is 266 g/mol. The van der Waals surface area contributed by atoms with Crippen molar-refractivity contribution in [1.29, 1.82) is 0 Å². The molecule has 0 aliphatic carbocycles. The van der Waals surface area contributed by atoms with E-state index in [9.17, 15) is 0 Å². The minimum atomic E-state index is 0.274. The molecule has 1 aliphatic rings. The highest BCUT2D eigenvalue weighted by Gasteiger charge is 2.17. The molecular formula is C15H14N4O. The van der Waals surface area contributed by atoms with Gasteiger partial charge in [0.05, 0.1) is 18.8 Å². The van der Waals surface area contributed by atoms with Crippen LogP contribution >= 0.6 is 0 Å². The van der Waals surface area contributed by atoms with E-state index in [1.807, 2.05) is 18.5 Å². The van der Waals surface area contributed by atoms with E-state index in [0.29, 0.717) is 0 Å². The number of hydrogen-bond donors (Lipinski definition) is 1. The second kappa shape index (κ2) is 4.70. The highest BCUT2D eigenvalue weighted by atomic mass is 16.7. The van der Waals surface area contributed by atoms with Crippen LogP contribution in [0.25, 0.3) is 16.8 Å². The second-order valence-corrected chi connectivity index (χ2v) is 4.91. The lowest BCUT2D eigenvalue weighted by Crippen LogP contribution is -2.11. The molecule has 4 rings (SSSR count). The number of rotatable bonds is 2. The summed E-state index contributed by atoms with van der Waals surface area (Å²) in [5.74, 6) is 0. The lowest BCUT2D eigenvalue weighted by molar-refractivity contribution is 0.0883. The van der Waals surface area contributed by atoms with E-state index in [1.165, 1.54) is 5.56 Å². The van der Waals surface area contributed by atoms with Gasteiger partial charge in [-0.25, -0.2) is 9.50 Å². The molecular weight excluding hydrogens is 252 g/mol. The number of hydroxylamine groups is 1. The molecule has 0 spiro atoms. The number of nitrogens with one attached hydrogen (secondary N) is 1. The maximum atomic E-state index is 5.23. The molecule has 2 aromatic heterocycles. The van der Waals surface area contributed by atoms with E-state index < -0.39 is 0 Å². The van der Waals surface area contributed by atoms with Crippen LogP contribution < -0.4 is 5.48 Å². The van der Waals surface area contributed by atoms with Crippen molar-refractivity contribution in [1.82, 2.24) is 20.1 Å². The predicted molar refractivity (Wildman–Crippen MR) is 74.9 cm³/mol. The van der Waals surface area contributed by atoms with E-state index in [-0.39, 0.29) is 6.04 Å². The Morgan fingerprint density at radius 3 is 3.15 bits per heavy atom. The van der Waals surface area contributed by atoms with Crippen LogP contribution in [0.4, 0.5) is 0 Å². The molecule has 3 aromatic rings. The molecule has 0 bridgehead atoms. The van der Waals surface area contributed by atoms with Crippen LogP contribution in [0.1, 0.15) is 18.0 Å². The Morgan fingerprint density at radius 1 is 1.25 bits per heavy atom. The highest BCUT2D eigenvalue weighted by molar-refractivity contribution is 5.63. The van der Waals surface area contributed by atoms with Gasteiger partial charge in [0.25, 0.3) is 0 Å². The Bertz CT molecular complexity index is 746. The number of hydrogen-bond acceptors (Lipinski definition) is 4. The van der Waals surface area contributed by atoms with E-state index in [1.54, 1.807) is 10.7 Å². The SMILES string of the molecule is c1cc(-c2cnc3ccnn3c2)cc([C@H]2CCON2)c1. The van der Waals surface area contributed by atoms with Gasteiger partial charge in [-0.05, 0) is 23.6 Å². The van der Waals surface area contributed by atoms with Crippen LogP contribution in [-0.4, -0.2) is 21.2 Å². The first-order valence-electron chi connectivity index (χ1n) is 6.67. The van der Waals surface area contributed by atoms with Gasteiger partial charge in [-0.3, -0.25) is 0 Å². The summed E-state index contributed by atoms with van der Waals surface area (Å²) in [6.07, 6.45) is 6.64. The number of fused-ring (bicyclic) bond motifs is 1. The van der Waals surface area contributed by atoms with E-state index in [4.69, 9.17) is 4.84 Å². The average molecular weight is 266 g/mol. The van der Waals surface area contributed by atoms with Crippen LogP contribution in [-0.2, 0) is 4.84 Å². The molecule has 1 fully saturated rings. The molecule has 0 saturated carbocycles. The van der Waals surface area contributed by atoms with Crippen molar-refractivity contribution in [3.8, 4) is 11.1 Å². The number of benzene rings is 1. The summed E-state index contributed by atoms with van der Waals surface area (Å²) in [7, 11) is 0. The summed E-state index contributed by atoms with van der Waals surface area (Å²) in [5.41, 5.74) is 7.33. The fourth-order valence-electron chi connectivity index (χ4n) is 2.52. The molecule has 20 heavy (non-hydrogen) atoms. The van der Waals surface area contributed by atoms with Crippen LogP contribution in [0, 0.1) is 0 Å². The molecule has 1 atom stereocenters.